The van der Waals surface area contributed by atoms with Crippen LogP contribution >= 0.6 is 23.5 Å². The van der Waals surface area contributed by atoms with Crippen molar-refractivity contribution < 1.29 is 66.2 Å². The smallest absolute Gasteiger partial charge is 0.387 e. The zero-order valence-corrected chi connectivity index (χ0v) is 23.8. The van der Waals surface area contributed by atoms with E-state index >= 15 is 0 Å². The summed E-state index contributed by atoms with van der Waals surface area (Å²) in [6, 6.07) is -0.544. The van der Waals surface area contributed by atoms with E-state index in [1.165, 1.54) is 10.9 Å². The number of fused-ring (bicyclic) bond motifs is 1. The second kappa shape index (κ2) is 14.0. The van der Waals surface area contributed by atoms with E-state index in [4.69, 9.17) is 20.3 Å². The van der Waals surface area contributed by atoms with E-state index in [2.05, 4.69) is 38.7 Å². The number of rotatable bonds is 15. The summed E-state index contributed by atoms with van der Waals surface area (Å²) in [7, 11) is -16.8. The van der Waals surface area contributed by atoms with Crippen LogP contribution in [0, 0.1) is 0 Å². The Balaban J connectivity index is 1.63. The molecule has 2 aromatic rings. The maximum atomic E-state index is 12.3. The number of ether oxygens (including phenoxy) is 1. The number of anilines is 1. The molecule has 1 saturated heterocycles. The first-order valence-electron chi connectivity index (χ1n) is 11.8. The molecule has 0 radical (unpaired) electrons. The average Bonchev–Trinajstić information content (AvgIpc) is 3.39. The number of unbranched alkanes of at least 4 members (excludes halogenated alkanes) is 3. The Bertz CT molecular complexity index is 1340. The maximum absolute atomic E-state index is 12.3. The van der Waals surface area contributed by atoms with Gasteiger partial charge in [0, 0.05) is 6.54 Å². The van der Waals surface area contributed by atoms with Crippen LogP contribution in [0.5, 0.6) is 0 Å². The molecule has 3 rings (SSSR count). The van der Waals surface area contributed by atoms with E-state index in [0.717, 1.165) is 32.0 Å². The van der Waals surface area contributed by atoms with Crippen LogP contribution in [-0.2, 0) is 31.6 Å². The Morgan fingerprint density at radius 1 is 1.00 bits per heavy atom. The molecule has 2 amide bonds. The van der Waals surface area contributed by atoms with Gasteiger partial charge in [0.1, 0.15) is 24.6 Å². The molecule has 0 spiro atoms. The quantitative estimate of drug-likeness (QED) is 0.0861. The number of aliphatic hydroxyl groups excluding tert-OH is 2. The van der Waals surface area contributed by atoms with Crippen molar-refractivity contribution in [3.05, 3.63) is 12.7 Å². The fraction of sp³-hybridized carbons (Fsp3) is 0.647. The summed E-state index contributed by atoms with van der Waals surface area (Å²) in [5.74, 6) is 0.0339. The molecule has 232 valence electrons. The SMILES string of the molecule is NCCCCCCNC(=O)Nc1ncnc2c1ncn2[C@@H]1O[C@H](COP(=O)(O)OP(=O)(O)OP(=O)(O)O)[C@@H](O)[C@H]1O. The monoisotopic (exact) mass is 649 g/mol. The third-order valence-corrected chi connectivity index (χ3v) is 9.24. The Kier molecular flexibility index (Phi) is 11.5. The van der Waals surface area contributed by atoms with E-state index in [-0.39, 0.29) is 17.0 Å². The number of nitrogens with two attached hydrogens (primary N) is 1. The first-order valence-corrected chi connectivity index (χ1v) is 16.4. The van der Waals surface area contributed by atoms with Crippen LogP contribution in [0.25, 0.3) is 11.2 Å². The summed E-state index contributed by atoms with van der Waals surface area (Å²) >= 11 is 0. The van der Waals surface area contributed by atoms with Gasteiger partial charge in [-0.15, -0.1) is 0 Å². The molecule has 2 aromatic heterocycles. The van der Waals surface area contributed by atoms with Crippen LogP contribution in [0.2, 0.25) is 0 Å². The molecular formula is C17H30N7O14P3. The number of phosphoric ester groups is 1. The molecule has 6 atom stereocenters. The van der Waals surface area contributed by atoms with Crippen molar-refractivity contribution in [3.63, 3.8) is 0 Å². The van der Waals surface area contributed by atoms with Crippen molar-refractivity contribution in [2.45, 2.75) is 50.2 Å². The molecule has 2 unspecified atom stereocenters. The summed E-state index contributed by atoms with van der Waals surface area (Å²) < 4.78 is 52.6. The molecule has 1 fully saturated rings. The van der Waals surface area contributed by atoms with Crippen molar-refractivity contribution in [2.24, 2.45) is 5.73 Å². The van der Waals surface area contributed by atoms with Crippen LogP contribution in [0.4, 0.5) is 10.6 Å². The Morgan fingerprint density at radius 3 is 2.39 bits per heavy atom. The lowest BCUT2D eigenvalue weighted by Crippen LogP contribution is -2.33. The van der Waals surface area contributed by atoms with Gasteiger partial charge in [0.15, 0.2) is 23.2 Å². The van der Waals surface area contributed by atoms with Crippen molar-refractivity contribution in [3.8, 4) is 0 Å². The Labute approximate surface area is 231 Å². The van der Waals surface area contributed by atoms with Crippen molar-refractivity contribution in [1.82, 2.24) is 24.8 Å². The first-order chi connectivity index (χ1) is 19.1. The van der Waals surface area contributed by atoms with Gasteiger partial charge in [0.25, 0.3) is 0 Å². The minimum Gasteiger partial charge on any atom is -0.387 e. The lowest BCUT2D eigenvalue weighted by molar-refractivity contribution is -0.0503. The third kappa shape index (κ3) is 9.81. The highest BCUT2D eigenvalue weighted by Crippen LogP contribution is 2.66. The van der Waals surface area contributed by atoms with Gasteiger partial charge in [0.05, 0.1) is 12.9 Å². The van der Waals surface area contributed by atoms with Gasteiger partial charge >= 0.3 is 29.5 Å². The second-order valence-corrected chi connectivity index (χ2v) is 13.0. The summed E-state index contributed by atoms with van der Waals surface area (Å²) in [5.41, 5.74) is 5.62. The molecule has 1 aliphatic rings. The maximum Gasteiger partial charge on any atom is 0.490 e. The number of hydrogen-bond donors (Lipinski definition) is 9. The van der Waals surface area contributed by atoms with Crippen LogP contribution in [0.3, 0.4) is 0 Å². The minimum atomic E-state index is -5.75. The average molecular weight is 649 g/mol. The number of nitrogens with one attached hydrogen (secondary N) is 2. The van der Waals surface area contributed by atoms with Crippen LogP contribution in [0.1, 0.15) is 31.9 Å². The van der Waals surface area contributed by atoms with E-state index in [1.807, 2.05) is 0 Å². The van der Waals surface area contributed by atoms with Crippen molar-refractivity contribution >= 4 is 46.5 Å². The van der Waals surface area contributed by atoms with Gasteiger partial charge in [-0.25, -0.2) is 33.4 Å². The minimum absolute atomic E-state index is 0.0339. The molecule has 0 aliphatic carbocycles. The number of imidazole rings is 1. The Morgan fingerprint density at radius 2 is 1.71 bits per heavy atom. The standard InChI is InChI=1S/C17H30N7O14P3/c18-5-3-1-2-4-6-19-17(27)23-14-11-15(21-8-20-14)24(9-22-11)16-13(26)12(25)10(36-16)7-35-40(31,32)38-41(33,34)37-39(28,29)30/h8-10,12-13,16,25-26H,1-7,18H2,(H,31,32)(H,33,34)(H2,28,29,30)(H2,19,20,21,23,27)/t10-,12-,13-,16-/m1/s1. The largest absolute Gasteiger partial charge is 0.490 e. The predicted octanol–water partition coefficient (Wildman–Crippen LogP) is -0.571. The fourth-order valence-corrected chi connectivity index (χ4v) is 6.70. The van der Waals surface area contributed by atoms with E-state index in [1.54, 1.807) is 0 Å². The van der Waals surface area contributed by atoms with E-state index in [0.29, 0.717) is 13.1 Å². The lowest BCUT2D eigenvalue weighted by Gasteiger charge is -2.19. The molecule has 0 saturated carbocycles. The van der Waals surface area contributed by atoms with Crippen LogP contribution < -0.4 is 16.4 Å². The third-order valence-electron chi connectivity index (χ3n) is 5.44. The molecule has 0 bridgehead atoms. The van der Waals surface area contributed by atoms with Gasteiger partial charge < -0.3 is 45.6 Å². The second-order valence-electron chi connectivity index (χ2n) is 8.56. The summed E-state index contributed by atoms with van der Waals surface area (Å²) in [6.45, 7) is 0.0228. The van der Waals surface area contributed by atoms with Crippen molar-refractivity contribution in [2.75, 3.05) is 25.0 Å². The molecule has 41 heavy (non-hydrogen) atoms. The number of amides is 2. The highest BCUT2D eigenvalue weighted by Gasteiger charge is 2.47. The normalized spacial score (nSPS) is 24.2. The van der Waals surface area contributed by atoms with Gasteiger partial charge in [-0.05, 0) is 19.4 Å². The van der Waals surface area contributed by atoms with Gasteiger partial charge in [-0.3, -0.25) is 14.4 Å². The highest BCUT2D eigenvalue weighted by atomic mass is 31.3. The number of carbonyl (C=O) groups excluding carboxylic acids is 1. The molecule has 21 nitrogen and oxygen atoms in total. The number of urea groups is 1. The molecule has 3 heterocycles. The van der Waals surface area contributed by atoms with Crippen LogP contribution in [0.15, 0.2) is 12.7 Å². The predicted molar refractivity (Wildman–Crippen MR) is 136 cm³/mol. The number of aliphatic hydroxyl groups is 2. The van der Waals surface area contributed by atoms with Gasteiger partial charge in [-0.1, -0.05) is 12.8 Å². The van der Waals surface area contributed by atoms with E-state index < -0.39 is 60.6 Å². The molecule has 1 aliphatic heterocycles. The van der Waals surface area contributed by atoms with E-state index in [9.17, 15) is 38.5 Å². The topological polar surface area (TPSA) is 320 Å². The molecular weight excluding hydrogens is 619 g/mol. The lowest BCUT2D eigenvalue weighted by atomic mass is 10.1. The summed E-state index contributed by atoms with van der Waals surface area (Å²) in [5, 5.41) is 26.1. The highest BCUT2D eigenvalue weighted by molar-refractivity contribution is 7.66. The van der Waals surface area contributed by atoms with Crippen LogP contribution in [-0.4, -0.2) is 93.3 Å². The Hall–Kier alpha value is -1.93. The van der Waals surface area contributed by atoms with Gasteiger partial charge in [0.2, 0.25) is 0 Å². The summed E-state index contributed by atoms with van der Waals surface area (Å²) in [6.07, 6.45) is -0.525. The summed E-state index contributed by atoms with van der Waals surface area (Å²) in [4.78, 5) is 60.5. The molecule has 0 aromatic carbocycles. The number of phosphoric acid groups is 3. The number of hydrogen-bond acceptors (Lipinski definition) is 14. The zero-order valence-electron chi connectivity index (χ0n) is 21.1. The number of carbonyl (C=O) groups is 1. The number of aromatic nitrogens is 4. The zero-order chi connectivity index (χ0) is 30.4. The molecule has 24 heteroatoms. The number of nitrogens with zero attached hydrogens (tertiary/aromatic N) is 4. The first kappa shape index (κ1) is 33.6. The fourth-order valence-electron chi connectivity index (χ4n) is 3.67. The van der Waals surface area contributed by atoms with Crippen molar-refractivity contribution in [1.29, 1.82) is 0 Å². The van der Waals surface area contributed by atoms with Gasteiger partial charge in [-0.2, -0.15) is 8.62 Å². The molecule has 10 N–H and O–H groups in total.